The topological polar surface area (TPSA) is 47.3 Å². The van der Waals surface area contributed by atoms with Gasteiger partial charge in [0.2, 0.25) is 0 Å². The third-order valence-corrected chi connectivity index (χ3v) is 1.89. The Bertz CT molecular complexity index is 321. The van der Waals surface area contributed by atoms with Crippen LogP contribution in [0, 0.1) is 0 Å². The summed E-state index contributed by atoms with van der Waals surface area (Å²) in [6, 6.07) is 5.73. The molecule has 3 heteroatoms. The van der Waals surface area contributed by atoms with Crippen molar-refractivity contribution in [3.05, 3.63) is 29.8 Å². The number of nitrogens with one attached hydrogen (secondary N) is 1. The van der Waals surface area contributed by atoms with Crippen LogP contribution in [-0.4, -0.2) is 20.7 Å². The minimum absolute atomic E-state index is 0.665. The van der Waals surface area contributed by atoms with E-state index in [1.54, 1.807) is 7.11 Å². The van der Waals surface area contributed by atoms with Gasteiger partial charge in [-0.25, -0.2) is 0 Å². The maximum absolute atomic E-state index is 5.69. The van der Waals surface area contributed by atoms with Crippen LogP contribution in [0.3, 0.4) is 0 Å². The molecule has 0 aliphatic heterocycles. The lowest BCUT2D eigenvalue weighted by molar-refractivity contribution is 0.417. The van der Waals surface area contributed by atoms with Crippen LogP contribution in [0.4, 0.5) is 5.69 Å². The average molecular weight is 192 g/mol. The molecule has 3 nitrogen and oxygen atoms in total. The van der Waals surface area contributed by atoms with Gasteiger partial charge in [0.05, 0.1) is 12.8 Å². The van der Waals surface area contributed by atoms with Gasteiger partial charge in [-0.3, -0.25) is 0 Å². The zero-order valence-corrected chi connectivity index (χ0v) is 8.58. The molecule has 0 heterocycles. The van der Waals surface area contributed by atoms with Gasteiger partial charge in [-0.05, 0) is 24.7 Å². The van der Waals surface area contributed by atoms with Crippen molar-refractivity contribution in [1.82, 2.24) is 5.32 Å². The second-order valence-corrected chi connectivity index (χ2v) is 2.96. The Hall–Kier alpha value is -1.48. The van der Waals surface area contributed by atoms with E-state index in [0.717, 1.165) is 17.9 Å². The molecule has 0 aliphatic carbocycles. The van der Waals surface area contributed by atoms with Gasteiger partial charge in [0, 0.05) is 6.54 Å². The summed E-state index contributed by atoms with van der Waals surface area (Å²) in [5.74, 6) is 0.719. The second-order valence-electron chi connectivity index (χ2n) is 2.96. The number of hydrogen-bond acceptors (Lipinski definition) is 3. The Morgan fingerprint density at radius 2 is 2.29 bits per heavy atom. The molecule has 0 bridgehead atoms. The lowest BCUT2D eigenvalue weighted by atomic mass is 10.2. The molecule has 1 aromatic carbocycles. The highest BCUT2D eigenvalue weighted by atomic mass is 16.5. The number of hydrogen-bond donors (Lipinski definition) is 2. The molecular weight excluding hydrogens is 176 g/mol. The third-order valence-electron chi connectivity index (χ3n) is 1.89. The largest absolute Gasteiger partial charge is 0.495 e. The number of rotatable bonds is 4. The summed E-state index contributed by atoms with van der Waals surface area (Å²) in [6.07, 6.45) is 4.07. The summed E-state index contributed by atoms with van der Waals surface area (Å²) in [5, 5.41) is 3.04. The van der Waals surface area contributed by atoms with Crippen LogP contribution in [0.25, 0.3) is 6.08 Å². The molecule has 0 saturated carbocycles. The molecule has 0 amide bonds. The first-order valence-corrected chi connectivity index (χ1v) is 4.52. The van der Waals surface area contributed by atoms with Crippen LogP contribution in [0.2, 0.25) is 0 Å². The van der Waals surface area contributed by atoms with Gasteiger partial charge in [0.1, 0.15) is 5.75 Å². The third kappa shape index (κ3) is 2.78. The van der Waals surface area contributed by atoms with Crippen molar-refractivity contribution >= 4 is 11.8 Å². The summed E-state index contributed by atoms with van der Waals surface area (Å²) in [4.78, 5) is 0. The molecule has 1 aromatic rings. The molecule has 14 heavy (non-hydrogen) atoms. The van der Waals surface area contributed by atoms with Crippen molar-refractivity contribution in [1.29, 1.82) is 0 Å². The highest BCUT2D eigenvalue weighted by molar-refractivity contribution is 5.61. The van der Waals surface area contributed by atoms with Gasteiger partial charge in [-0.1, -0.05) is 18.2 Å². The molecule has 1 rings (SSSR count). The molecule has 0 aromatic heterocycles. The first kappa shape index (κ1) is 10.6. The van der Waals surface area contributed by atoms with Gasteiger partial charge in [0.25, 0.3) is 0 Å². The maximum Gasteiger partial charge on any atom is 0.142 e. The Balaban J connectivity index is 2.79. The lowest BCUT2D eigenvalue weighted by Crippen LogP contribution is -2.03. The normalized spacial score (nSPS) is 10.7. The smallest absolute Gasteiger partial charge is 0.142 e. The van der Waals surface area contributed by atoms with Gasteiger partial charge in [-0.2, -0.15) is 0 Å². The second kappa shape index (κ2) is 5.29. The molecule has 0 saturated heterocycles. The van der Waals surface area contributed by atoms with Gasteiger partial charge >= 0.3 is 0 Å². The predicted molar refractivity (Wildman–Crippen MR) is 60.4 cm³/mol. The Morgan fingerprint density at radius 3 is 2.93 bits per heavy atom. The highest BCUT2D eigenvalue weighted by Gasteiger charge is 1.97. The predicted octanol–water partition coefficient (Wildman–Crippen LogP) is 1.51. The van der Waals surface area contributed by atoms with E-state index in [4.69, 9.17) is 10.5 Å². The van der Waals surface area contributed by atoms with E-state index in [1.807, 2.05) is 37.4 Å². The fourth-order valence-corrected chi connectivity index (χ4v) is 1.14. The summed E-state index contributed by atoms with van der Waals surface area (Å²) < 4.78 is 5.12. The van der Waals surface area contributed by atoms with E-state index >= 15 is 0 Å². The van der Waals surface area contributed by atoms with Crippen molar-refractivity contribution in [2.75, 3.05) is 26.4 Å². The quantitative estimate of drug-likeness (QED) is 0.711. The minimum atomic E-state index is 0.665. The van der Waals surface area contributed by atoms with E-state index < -0.39 is 0 Å². The van der Waals surface area contributed by atoms with E-state index in [1.165, 1.54) is 0 Å². The Labute approximate surface area is 84.6 Å². The number of nitrogen functional groups attached to an aromatic ring is 1. The molecule has 0 atom stereocenters. The minimum Gasteiger partial charge on any atom is -0.495 e. The van der Waals surface area contributed by atoms with Crippen molar-refractivity contribution in [3.63, 3.8) is 0 Å². The molecule has 0 fully saturated rings. The molecule has 3 N–H and O–H groups in total. The fraction of sp³-hybridized carbons (Fsp3) is 0.273. The molecule has 0 spiro atoms. The SMILES string of the molecule is CNCC=Cc1ccc(N)c(OC)c1. The number of methoxy groups -OCH3 is 1. The van der Waals surface area contributed by atoms with Crippen LogP contribution in [0.1, 0.15) is 5.56 Å². The highest BCUT2D eigenvalue weighted by Crippen LogP contribution is 2.22. The molecule has 0 aliphatic rings. The van der Waals surface area contributed by atoms with E-state index in [0.29, 0.717) is 5.69 Å². The molecular formula is C11H16N2O. The van der Waals surface area contributed by atoms with Gasteiger partial charge in [0.15, 0.2) is 0 Å². The van der Waals surface area contributed by atoms with Crippen LogP contribution in [0.5, 0.6) is 5.75 Å². The number of likely N-dealkylation sites (N-methyl/N-ethyl adjacent to an activating group) is 1. The first-order valence-electron chi connectivity index (χ1n) is 4.52. The fourth-order valence-electron chi connectivity index (χ4n) is 1.14. The van der Waals surface area contributed by atoms with Crippen molar-refractivity contribution in [2.24, 2.45) is 0 Å². The van der Waals surface area contributed by atoms with E-state index in [2.05, 4.69) is 5.32 Å². The summed E-state index contributed by atoms with van der Waals surface area (Å²) >= 11 is 0. The van der Waals surface area contributed by atoms with Crippen LogP contribution >= 0.6 is 0 Å². The number of benzene rings is 1. The van der Waals surface area contributed by atoms with Gasteiger partial charge < -0.3 is 15.8 Å². The Morgan fingerprint density at radius 1 is 1.50 bits per heavy atom. The number of anilines is 1. The molecule has 0 radical (unpaired) electrons. The summed E-state index contributed by atoms with van der Waals surface area (Å²) in [6.45, 7) is 0.854. The van der Waals surface area contributed by atoms with Crippen LogP contribution < -0.4 is 15.8 Å². The van der Waals surface area contributed by atoms with Gasteiger partial charge in [-0.15, -0.1) is 0 Å². The monoisotopic (exact) mass is 192 g/mol. The number of nitrogens with two attached hydrogens (primary N) is 1. The van der Waals surface area contributed by atoms with E-state index in [-0.39, 0.29) is 0 Å². The lowest BCUT2D eigenvalue weighted by Gasteiger charge is -2.04. The standard InChI is InChI=1S/C11H16N2O/c1-13-7-3-4-9-5-6-10(12)11(8-9)14-2/h3-6,8,13H,7,12H2,1-2H3. The first-order chi connectivity index (χ1) is 6.77. The summed E-state index contributed by atoms with van der Waals surface area (Å²) in [7, 11) is 3.53. The van der Waals surface area contributed by atoms with Crippen LogP contribution in [0.15, 0.2) is 24.3 Å². The number of ether oxygens (including phenoxy) is 1. The summed E-state index contributed by atoms with van der Waals surface area (Å²) in [5.41, 5.74) is 7.45. The van der Waals surface area contributed by atoms with Crippen molar-refractivity contribution in [3.8, 4) is 5.75 Å². The van der Waals surface area contributed by atoms with Crippen molar-refractivity contribution in [2.45, 2.75) is 0 Å². The average Bonchev–Trinajstić information content (AvgIpc) is 2.21. The van der Waals surface area contributed by atoms with Crippen molar-refractivity contribution < 1.29 is 4.74 Å². The molecule has 0 unspecified atom stereocenters. The zero-order valence-electron chi connectivity index (χ0n) is 8.58. The molecule has 76 valence electrons. The van der Waals surface area contributed by atoms with Crippen LogP contribution in [-0.2, 0) is 0 Å². The Kier molecular flexibility index (Phi) is 4.01. The van der Waals surface area contributed by atoms with E-state index in [9.17, 15) is 0 Å². The maximum atomic E-state index is 5.69. The zero-order chi connectivity index (χ0) is 10.4.